The molecule has 0 spiro atoms. The molecule has 5 nitrogen and oxygen atoms in total. The van der Waals surface area contributed by atoms with Crippen molar-refractivity contribution in [2.75, 3.05) is 20.2 Å². The highest BCUT2D eigenvalue weighted by molar-refractivity contribution is 6.31. The molecule has 3 rings (SSSR count). The molecule has 0 saturated carbocycles. The number of amides is 1. The van der Waals surface area contributed by atoms with E-state index in [9.17, 15) is 4.79 Å². The number of carbonyl (C=O) groups is 1. The minimum absolute atomic E-state index is 0.0395. The molecule has 126 valence electrons. The normalized spacial score (nSPS) is 14.2. The number of aromatic nitrogens is 1. The Morgan fingerprint density at radius 2 is 2.04 bits per heavy atom. The van der Waals surface area contributed by atoms with E-state index in [-0.39, 0.29) is 12.0 Å². The van der Waals surface area contributed by atoms with Gasteiger partial charge in [0.15, 0.2) is 0 Å². The molecule has 0 radical (unpaired) electrons. The maximum Gasteiger partial charge on any atom is 0.232 e. The lowest BCUT2D eigenvalue weighted by Crippen LogP contribution is -2.56. The van der Waals surface area contributed by atoms with Gasteiger partial charge in [0.1, 0.15) is 16.9 Å². The number of halogens is 1. The highest BCUT2D eigenvalue weighted by atomic mass is 35.5. The summed E-state index contributed by atoms with van der Waals surface area (Å²) in [4.78, 5) is 18.1. The maximum absolute atomic E-state index is 12.2. The zero-order chi connectivity index (χ0) is 16.9. The minimum Gasteiger partial charge on any atom is -0.497 e. The van der Waals surface area contributed by atoms with E-state index in [0.717, 1.165) is 17.7 Å². The molecule has 0 N–H and O–H groups in total. The van der Waals surface area contributed by atoms with Crippen molar-refractivity contribution in [3.63, 3.8) is 0 Å². The second-order valence-corrected chi connectivity index (χ2v) is 6.08. The first-order valence-corrected chi connectivity index (χ1v) is 8.21. The minimum atomic E-state index is -0.0395. The lowest BCUT2D eigenvalue weighted by Gasteiger charge is -2.38. The SMILES string of the molecule is COc1ccc(CCC(=O)N2CC(Oc3ncccc3Cl)C2)cc1. The lowest BCUT2D eigenvalue weighted by molar-refractivity contribution is -0.140. The monoisotopic (exact) mass is 346 g/mol. The zero-order valence-corrected chi connectivity index (χ0v) is 14.2. The third-order valence-electron chi connectivity index (χ3n) is 3.99. The Morgan fingerprint density at radius 1 is 1.29 bits per heavy atom. The van der Waals surface area contributed by atoms with E-state index in [4.69, 9.17) is 21.1 Å². The summed E-state index contributed by atoms with van der Waals surface area (Å²) in [6.45, 7) is 1.16. The van der Waals surface area contributed by atoms with Crippen molar-refractivity contribution >= 4 is 17.5 Å². The first kappa shape index (κ1) is 16.6. The molecule has 0 atom stereocenters. The van der Waals surface area contributed by atoms with Gasteiger partial charge >= 0.3 is 0 Å². The molecule has 1 aromatic heterocycles. The van der Waals surface area contributed by atoms with Gasteiger partial charge in [-0.3, -0.25) is 4.79 Å². The maximum atomic E-state index is 12.2. The van der Waals surface area contributed by atoms with Crippen molar-refractivity contribution in [1.82, 2.24) is 9.88 Å². The molecule has 0 aliphatic carbocycles. The van der Waals surface area contributed by atoms with Gasteiger partial charge in [-0.15, -0.1) is 0 Å². The number of benzene rings is 1. The van der Waals surface area contributed by atoms with Gasteiger partial charge in [0.2, 0.25) is 11.8 Å². The van der Waals surface area contributed by atoms with Crippen molar-refractivity contribution in [3.8, 4) is 11.6 Å². The van der Waals surface area contributed by atoms with Crippen LogP contribution < -0.4 is 9.47 Å². The van der Waals surface area contributed by atoms with Gasteiger partial charge in [0, 0.05) is 12.6 Å². The Bertz CT molecular complexity index is 700. The summed E-state index contributed by atoms with van der Waals surface area (Å²) >= 11 is 6.01. The largest absolute Gasteiger partial charge is 0.497 e. The summed E-state index contributed by atoms with van der Waals surface area (Å²) in [6.07, 6.45) is 2.81. The van der Waals surface area contributed by atoms with Crippen molar-refractivity contribution in [3.05, 3.63) is 53.2 Å². The molecule has 1 aliphatic heterocycles. The average Bonchev–Trinajstić information content (AvgIpc) is 2.57. The van der Waals surface area contributed by atoms with Crippen LogP contribution in [0, 0.1) is 0 Å². The molecule has 1 saturated heterocycles. The standard InChI is InChI=1S/C18H19ClN2O3/c1-23-14-7-4-13(5-8-14)6-9-17(22)21-11-15(12-21)24-18-16(19)3-2-10-20-18/h2-5,7-8,10,15H,6,9,11-12H2,1H3. The zero-order valence-electron chi connectivity index (χ0n) is 13.4. The topological polar surface area (TPSA) is 51.7 Å². The van der Waals surface area contributed by atoms with E-state index in [1.807, 2.05) is 24.3 Å². The lowest BCUT2D eigenvalue weighted by atomic mass is 10.1. The first-order chi connectivity index (χ1) is 11.7. The number of rotatable bonds is 6. The predicted octanol–water partition coefficient (Wildman–Crippen LogP) is 2.97. The van der Waals surface area contributed by atoms with Gasteiger partial charge in [-0.1, -0.05) is 23.7 Å². The van der Waals surface area contributed by atoms with E-state index < -0.39 is 0 Å². The van der Waals surface area contributed by atoms with Crippen LogP contribution in [0.25, 0.3) is 0 Å². The summed E-state index contributed by atoms with van der Waals surface area (Å²) < 4.78 is 10.8. The van der Waals surface area contributed by atoms with Crippen molar-refractivity contribution in [2.45, 2.75) is 18.9 Å². The smallest absolute Gasteiger partial charge is 0.232 e. The van der Waals surface area contributed by atoms with Crippen LogP contribution in [0.2, 0.25) is 5.02 Å². The molecule has 1 aromatic carbocycles. The van der Waals surface area contributed by atoms with Gasteiger partial charge in [-0.25, -0.2) is 4.98 Å². The first-order valence-electron chi connectivity index (χ1n) is 7.83. The number of carbonyl (C=O) groups excluding carboxylic acids is 1. The number of pyridine rings is 1. The molecular formula is C18H19ClN2O3. The van der Waals surface area contributed by atoms with Crippen LogP contribution in [0.1, 0.15) is 12.0 Å². The summed E-state index contributed by atoms with van der Waals surface area (Å²) in [5, 5.41) is 0.488. The number of nitrogens with zero attached hydrogens (tertiary/aromatic N) is 2. The third kappa shape index (κ3) is 3.97. The molecule has 2 heterocycles. The number of likely N-dealkylation sites (tertiary alicyclic amines) is 1. The molecule has 1 aliphatic rings. The quantitative estimate of drug-likeness (QED) is 0.807. The number of hydrogen-bond acceptors (Lipinski definition) is 4. The Labute approximate surface area is 146 Å². The van der Waals surface area contributed by atoms with Gasteiger partial charge in [0.25, 0.3) is 0 Å². The predicted molar refractivity (Wildman–Crippen MR) is 91.6 cm³/mol. The van der Waals surface area contributed by atoms with E-state index in [1.54, 1.807) is 30.3 Å². The van der Waals surface area contributed by atoms with Gasteiger partial charge in [-0.05, 0) is 36.2 Å². The summed E-state index contributed by atoms with van der Waals surface area (Å²) in [6, 6.07) is 11.3. The van der Waals surface area contributed by atoms with E-state index in [0.29, 0.717) is 30.4 Å². The van der Waals surface area contributed by atoms with E-state index in [2.05, 4.69) is 4.98 Å². The summed E-state index contributed by atoms with van der Waals surface area (Å²) in [7, 11) is 1.64. The Morgan fingerprint density at radius 3 is 2.71 bits per heavy atom. The van der Waals surface area contributed by atoms with Crippen LogP contribution in [0.4, 0.5) is 0 Å². The van der Waals surface area contributed by atoms with Crippen molar-refractivity contribution < 1.29 is 14.3 Å². The van der Waals surface area contributed by atoms with Crippen LogP contribution in [0.15, 0.2) is 42.6 Å². The van der Waals surface area contributed by atoms with Gasteiger partial charge in [-0.2, -0.15) is 0 Å². The summed E-state index contributed by atoms with van der Waals surface area (Å²) in [5.74, 6) is 1.38. The van der Waals surface area contributed by atoms with Crippen molar-refractivity contribution in [1.29, 1.82) is 0 Å². The Balaban J connectivity index is 1.42. The molecule has 1 amide bonds. The van der Waals surface area contributed by atoms with Crippen LogP contribution in [0.5, 0.6) is 11.6 Å². The van der Waals surface area contributed by atoms with Gasteiger partial charge < -0.3 is 14.4 Å². The number of ether oxygens (including phenoxy) is 2. The van der Waals surface area contributed by atoms with Crippen LogP contribution >= 0.6 is 11.6 Å². The van der Waals surface area contributed by atoms with Crippen molar-refractivity contribution in [2.24, 2.45) is 0 Å². The van der Waals surface area contributed by atoms with Crippen LogP contribution in [-0.2, 0) is 11.2 Å². The van der Waals surface area contributed by atoms with Crippen LogP contribution in [-0.4, -0.2) is 42.1 Å². The molecule has 2 aromatic rings. The Hall–Kier alpha value is -2.27. The highest BCUT2D eigenvalue weighted by Gasteiger charge is 2.32. The van der Waals surface area contributed by atoms with Gasteiger partial charge in [0.05, 0.1) is 20.2 Å². The molecule has 1 fully saturated rings. The van der Waals surface area contributed by atoms with E-state index >= 15 is 0 Å². The molecule has 0 unspecified atom stereocenters. The number of hydrogen-bond donors (Lipinski definition) is 0. The fourth-order valence-electron chi connectivity index (χ4n) is 2.53. The molecular weight excluding hydrogens is 328 g/mol. The second-order valence-electron chi connectivity index (χ2n) is 5.68. The Kier molecular flexibility index (Phi) is 5.20. The molecule has 0 bridgehead atoms. The fraction of sp³-hybridized carbons (Fsp3) is 0.333. The number of methoxy groups -OCH3 is 1. The highest BCUT2D eigenvalue weighted by Crippen LogP contribution is 2.24. The fourth-order valence-corrected chi connectivity index (χ4v) is 2.70. The molecule has 6 heteroatoms. The van der Waals surface area contributed by atoms with Crippen LogP contribution in [0.3, 0.4) is 0 Å². The van der Waals surface area contributed by atoms with E-state index in [1.165, 1.54) is 0 Å². The number of aryl methyl sites for hydroxylation is 1. The third-order valence-corrected chi connectivity index (χ3v) is 4.28. The molecule has 24 heavy (non-hydrogen) atoms. The summed E-state index contributed by atoms with van der Waals surface area (Å²) in [5.41, 5.74) is 1.12. The average molecular weight is 347 g/mol. The second kappa shape index (κ2) is 7.53.